The van der Waals surface area contributed by atoms with Crippen LogP contribution < -0.4 is 5.43 Å². The lowest BCUT2D eigenvalue weighted by molar-refractivity contribution is 0.0706. The predicted octanol–water partition coefficient (Wildman–Crippen LogP) is 0.280. The molecule has 0 radical (unpaired) electrons. The number of nitrogens with one attached hydrogen (secondary N) is 1. The fourth-order valence-corrected chi connectivity index (χ4v) is 1.84. The molecule has 1 fully saturated rings. The van der Waals surface area contributed by atoms with Crippen LogP contribution in [-0.4, -0.2) is 40.1 Å². The Morgan fingerprint density at radius 3 is 2.82 bits per heavy atom. The topological polar surface area (TPSA) is 73.4 Å². The summed E-state index contributed by atoms with van der Waals surface area (Å²) in [7, 11) is 0. The van der Waals surface area contributed by atoms with Crippen molar-refractivity contribution in [3.8, 4) is 0 Å². The predicted molar refractivity (Wildman–Crippen MR) is 62.9 cm³/mol. The summed E-state index contributed by atoms with van der Waals surface area (Å²) in [6.07, 6.45) is 3.36. The van der Waals surface area contributed by atoms with Crippen LogP contribution in [-0.2, 0) is 0 Å². The van der Waals surface area contributed by atoms with Gasteiger partial charge in [-0.3, -0.25) is 9.59 Å². The van der Waals surface area contributed by atoms with Gasteiger partial charge in [0.15, 0.2) is 5.43 Å². The second-order valence-corrected chi connectivity index (χ2v) is 4.35. The van der Waals surface area contributed by atoms with E-state index in [0.717, 1.165) is 18.5 Å². The molecule has 1 heterocycles. The highest BCUT2D eigenvalue weighted by molar-refractivity contribution is 5.94. The molecule has 1 aliphatic rings. The molecule has 2 N–H and O–H groups in total. The number of aryl methyl sites for hydroxylation is 1. The van der Waals surface area contributed by atoms with Crippen molar-refractivity contribution in [3.05, 3.63) is 33.7 Å². The minimum absolute atomic E-state index is 0.0774. The Labute approximate surface area is 99.1 Å². The lowest BCUT2D eigenvalue weighted by Crippen LogP contribution is -2.38. The Kier molecular flexibility index (Phi) is 3.28. The average Bonchev–Trinajstić information content (AvgIpc) is 3.09. The van der Waals surface area contributed by atoms with Crippen LogP contribution >= 0.6 is 0 Å². The Balaban J connectivity index is 2.25. The zero-order valence-corrected chi connectivity index (χ0v) is 9.77. The molecule has 92 valence electrons. The number of aliphatic hydroxyl groups excluding tert-OH is 1. The molecule has 0 atom stereocenters. The van der Waals surface area contributed by atoms with E-state index in [1.165, 1.54) is 12.3 Å². The third kappa shape index (κ3) is 2.55. The number of aliphatic hydroxyl groups is 1. The highest BCUT2D eigenvalue weighted by Crippen LogP contribution is 2.27. The van der Waals surface area contributed by atoms with E-state index in [0.29, 0.717) is 0 Å². The van der Waals surface area contributed by atoms with Crippen molar-refractivity contribution >= 4 is 5.91 Å². The molecule has 1 saturated carbocycles. The molecule has 5 nitrogen and oxygen atoms in total. The van der Waals surface area contributed by atoms with Crippen LogP contribution in [0, 0.1) is 6.92 Å². The number of carbonyl (C=O) groups excluding carboxylic acids is 1. The summed E-state index contributed by atoms with van der Waals surface area (Å²) in [5.41, 5.74) is 0.609. The Morgan fingerprint density at radius 2 is 2.29 bits per heavy atom. The number of aromatic amines is 1. The average molecular weight is 236 g/mol. The quantitative estimate of drug-likeness (QED) is 0.788. The van der Waals surface area contributed by atoms with E-state index >= 15 is 0 Å². The summed E-state index contributed by atoms with van der Waals surface area (Å²) in [6, 6.07) is 1.60. The van der Waals surface area contributed by atoms with Crippen molar-refractivity contribution in [2.75, 3.05) is 13.2 Å². The van der Waals surface area contributed by atoms with Gasteiger partial charge in [-0.05, 0) is 19.8 Å². The number of aromatic nitrogens is 1. The van der Waals surface area contributed by atoms with Gasteiger partial charge in [-0.15, -0.1) is 0 Å². The highest BCUT2D eigenvalue weighted by atomic mass is 16.3. The summed E-state index contributed by atoms with van der Waals surface area (Å²) in [4.78, 5) is 28.3. The van der Waals surface area contributed by atoms with Crippen LogP contribution in [0.2, 0.25) is 0 Å². The zero-order valence-electron chi connectivity index (χ0n) is 9.77. The Morgan fingerprint density at radius 1 is 1.59 bits per heavy atom. The molecule has 17 heavy (non-hydrogen) atoms. The van der Waals surface area contributed by atoms with E-state index in [2.05, 4.69) is 4.98 Å². The van der Waals surface area contributed by atoms with Crippen molar-refractivity contribution in [1.29, 1.82) is 0 Å². The van der Waals surface area contributed by atoms with Crippen LogP contribution in [0.3, 0.4) is 0 Å². The second-order valence-electron chi connectivity index (χ2n) is 4.35. The van der Waals surface area contributed by atoms with Gasteiger partial charge in [0.25, 0.3) is 5.91 Å². The molecule has 0 aromatic carbocycles. The molecular weight excluding hydrogens is 220 g/mol. The zero-order chi connectivity index (χ0) is 12.4. The third-order valence-electron chi connectivity index (χ3n) is 2.88. The molecule has 0 bridgehead atoms. The number of H-pyrrole nitrogens is 1. The maximum atomic E-state index is 12.1. The van der Waals surface area contributed by atoms with Gasteiger partial charge in [0.05, 0.1) is 6.61 Å². The first kappa shape index (κ1) is 11.9. The third-order valence-corrected chi connectivity index (χ3v) is 2.88. The van der Waals surface area contributed by atoms with Gasteiger partial charge in [-0.1, -0.05) is 0 Å². The number of pyridine rings is 1. The fourth-order valence-electron chi connectivity index (χ4n) is 1.84. The smallest absolute Gasteiger partial charge is 0.259 e. The van der Waals surface area contributed by atoms with Crippen LogP contribution in [0.25, 0.3) is 0 Å². The lowest BCUT2D eigenvalue weighted by Gasteiger charge is -2.20. The molecule has 1 aliphatic carbocycles. The minimum Gasteiger partial charge on any atom is -0.395 e. The maximum absolute atomic E-state index is 12.1. The van der Waals surface area contributed by atoms with E-state index in [1.54, 1.807) is 11.8 Å². The van der Waals surface area contributed by atoms with Gasteiger partial charge >= 0.3 is 0 Å². The van der Waals surface area contributed by atoms with Crippen molar-refractivity contribution in [2.24, 2.45) is 0 Å². The van der Waals surface area contributed by atoms with E-state index in [4.69, 9.17) is 5.11 Å². The molecule has 2 rings (SSSR count). The molecule has 0 saturated heterocycles. The van der Waals surface area contributed by atoms with Crippen LogP contribution in [0.4, 0.5) is 0 Å². The summed E-state index contributed by atoms with van der Waals surface area (Å²) in [6.45, 7) is 1.98. The molecule has 1 amide bonds. The molecule has 1 aromatic heterocycles. The van der Waals surface area contributed by atoms with Gasteiger partial charge in [-0.25, -0.2) is 0 Å². The SMILES string of the molecule is Cc1cc(=O)c(C(=O)N(CCO)C2CC2)c[nH]1. The normalized spacial score (nSPS) is 14.7. The van der Waals surface area contributed by atoms with E-state index in [1.807, 2.05) is 0 Å². The number of amides is 1. The Bertz CT molecular complexity index is 477. The van der Waals surface area contributed by atoms with Crippen LogP contribution in [0.5, 0.6) is 0 Å². The number of rotatable bonds is 4. The van der Waals surface area contributed by atoms with Crippen LogP contribution in [0.1, 0.15) is 28.9 Å². The first-order chi connectivity index (χ1) is 8.13. The summed E-state index contributed by atoms with van der Waals surface area (Å²) < 4.78 is 0. The standard InChI is InChI=1S/C12H16N2O3/c1-8-6-11(16)10(7-13-8)12(17)14(4-5-15)9-2-3-9/h6-7,9,15H,2-5H2,1H3,(H,13,16). The molecule has 0 unspecified atom stereocenters. The van der Waals surface area contributed by atoms with Gasteiger partial charge in [0.1, 0.15) is 5.56 Å². The summed E-state index contributed by atoms with van der Waals surface area (Å²) >= 11 is 0. The number of carbonyl (C=O) groups is 1. The number of hydrogen-bond donors (Lipinski definition) is 2. The van der Waals surface area contributed by atoms with Crippen molar-refractivity contribution in [3.63, 3.8) is 0 Å². The lowest BCUT2D eigenvalue weighted by atomic mass is 10.2. The first-order valence-electron chi connectivity index (χ1n) is 5.74. The summed E-state index contributed by atoms with van der Waals surface area (Å²) in [5, 5.41) is 8.94. The maximum Gasteiger partial charge on any atom is 0.259 e. The highest BCUT2D eigenvalue weighted by Gasteiger charge is 2.33. The molecule has 5 heteroatoms. The second kappa shape index (κ2) is 4.71. The van der Waals surface area contributed by atoms with Crippen molar-refractivity contribution < 1.29 is 9.90 Å². The van der Waals surface area contributed by atoms with Crippen molar-refractivity contribution in [2.45, 2.75) is 25.8 Å². The fraction of sp³-hybridized carbons (Fsp3) is 0.500. The van der Waals surface area contributed by atoms with Gasteiger partial charge < -0.3 is 15.0 Å². The van der Waals surface area contributed by atoms with Gasteiger partial charge in [0, 0.05) is 30.5 Å². The molecular formula is C12H16N2O3. The monoisotopic (exact) mass is 236 g/mol. The molecule has 0 spiro atoms. The van der Waals surface area contributed by atoms with Gasteiger partial charge in [-0.2, -0.15) is 0 Å². The molecule has 0 aliphatic heterocycles. The number of nitrogens with zero attached hydrogens (tertiary/aromatic N) is 1. The first-order valence-corrected chi connectivity index (χ1v) is 5.74. The van der Waals surface area contributed by atoms with E-state index in [9.17, 15) is 9.59 Å². The van der Waals surface area contributed by atoms with E-state index < -0.39 is 0 Å². The largest absolute Gasteiger partial charge is 0.395 e. The Hall–Kier alpha value is -1.62. The van der Waals surface area contributed by atoms with Crippen LogP contribution in [0.15, 0.2) is 17.1 Å². The van der Waals surface area contributed by atoms with E-state index in [-0.39, 0.29) is 36.1 Å². The van der Waals surface area contributed by atoms with Gasteiger partial charge in [0.2, 0.25) is 0 Å². The molecule has 1 aromatic rings. The van der Waals surface area contributed by atoms with Crippen molar-refractivity contribution in [1.82, 2.24) is 9.88 Å². The number of hydrogen-bond acceptors (Lipinski definition) is 3. The minimum atomic E-state index is -0.289. The summed E-state index contributed by atoms with van der Waals surface area (Å²) in [5.74, 6) is -0.289.